The number of aromatic hydroxyl groups is 1. The number of aromatic nitrogens is 1. The van der Waals surface area contributed by atoms with Gasteiger partial charge in [0.25, 0.3) is 11.8 Å². The monoisotopic (exact) mass is 812 g/mol. The number of nitrogens with zero attached hydrogens (tertiary/aromatic N) is 4. The highest BCUT2D eigenvalue weighted by Crippen LogP contribution is 2.43. The fraction of sp³-hybridized carbons (Fsp3) is 0.163. The summed E-state index contributed by atoms with van der Waals surface area (Å²) in [5.41, 5.74) is 8.04. The average Bonchev–Trinajstić information content (AvgIpc) is 3.82. The number of nitrogens with two attached hydrogens (primary N) is 1. The molecule has 3 aliphatic heterocycles. The zero-order valence-electron chi connectivity index (χ0n) is 30.7. The third kappa shape index (κ3) is 7.21. The number of nitrogens with one attached hydrogen (secondary N) is 1. The van der Waals surface area contributed by atoms with Crippen LogP contribution in [0.3, 0.4) is 0 Å². The first kappa shape index (κ1) is 38.2. The fourth-order valence-electron chi connectivity index (χ4n) is 7.39. The summed E-state index contributed by atoms with van der Waals surface area (Å²) >= 11 is 2.38. The van der Waals surface area contributed by atoms with Crippen LogP contribution >= 0.6 is 23.1 Å². The second kappa shape index (κ2) is 16.0. The number of likely N-dealkylation sites (tertiary alicyclic amines) is 1. The van der Waals surface area contributed by atoms with Crippen LogP contribution in [0.1, 0.15) is 34.4 Å². The highest BCUT2D eigenvalue weighted by molar-refractivity contribution is 8.00. The third-order valence-corrected chi connectivity index (χ3v) is 12.1. The molecule has 2 fully saturated rings. The number of hydrogen-bond donors (Lipinski definition) is 4. The molecule has 2 atom stereocenters. The quantitative estimate of drug-likeness (QED) is 0.0427. The maximum atomic E-state index is 14.3. The molecule has 4 aromatic carbocycles. The lowest BCUT2D eigenvalue weighted by atomic mass is 9.80. The maximum Gasteiger partial charge on any atom is 0.352 e. The second-order valence-electron chi connectivity index (χ2n) is 13.7. The molecule has 13 nitrogen and oxygen atoms in total. The molecule has 0 aliphatic carbocycles. The van der Waals surface area contributed by atoms with Gasteiger partial charge in [0.05, 0.1) is 0 Å². The van der Waals surface area contributed by atoms with Gasteiger partial charge in [-0.25, -0.2) is 9.78 Å². The lowest BCUT2D eigenvalue weighted by molar-refractivity contribution is -0.150. The van der Waals surface area contributed by atoms with Crippen molar-refractivity contribution in [1.29, 1.82) is 0 Å². The van der Waals surface area contributed by atoms with Gasteiger partial charge in [0.2, 0.25) is 11.5 Å². The number of phenolic OH excluding ortho intramolecular Hbond substituents is 1. The van der Waals surface area contributed by atoms with Gasteiger partial charge < -0.3 is 31.0 Å². The van der Waals surface area contributed by atoms with Gasteiger partial charge >= 0.3 is 5.97 Å². The van der Waals surface area contributed by atoms with Crippen molar-refractivity contribution < 1.29 is 34.2 Å². The van der Waals surface area contributed by atoms with Crippen LogP contribution in [0.25, 0.3) is 0 Å². The van der Waals surface area contributed by atoms with Crippen molar-refractivity contribution >= 4 is 57.6 Å². The van der Waals surface area contributed by atoms with Crippen LogP contribution in [-0.4, -0.2) is 78.1 Å². The summed E-state index contributed by atoms with van der Waals surface area (Å²) in [4.78, 5) is 67.8. The van der Waals surface area contributed by atoms with E-state index in [4.69, 9.17) is 10.6 Å². The number of rotatable bonds is 12. The number of anilines is 1. The first-order chi connectivity index (χ1) is 28.1. The minimum absolute atomic E-state index is 0.0968. The summed E-state index contributed by atoms with van der Waals surface area (Å²) in [7, 11) is 0. The number of benzene rings is 4. The normalized spacial score (nSPS) is 18.9. The predicted octanol–water partition coefficient (Wildman–Crippen LogP) is 5.24. The van der Waals surface area contributed by atoms with E-state index < -0.39 is 34.8 Å². The van der Waals surface area contributed by atoms with E-state index in [9.17, 15) is 29.4 Å². The SMILES string of the molecule is Nc1nc(/C(=N/OC(c2ccccc2)(c2ccccc2)c2ccccc2)C(=O)N[C@@H]2C(=O)N3C(C(=O)O)=C(/C=C4\CCN(Cc5cccc(O)c5)C4=O)CS[C@H]23)cs1. The Kier molecular flexibility index (Phi) is 10.6. The van der Waals surface area contributed by atoms with E-state index >= 15 is 0 Å². The molecule has 4 heterocycles. The largest absolute Gasteiger partial charge is 0.508 e. The number of phenols is 1. The number of β-lactam (4-membered cyclic amide) rings is 1. The van der Waals surface area contributed by atoms with E-state index in [1.807, 2.05) is 97.1 Å². The van der Waals surface area contributed by atoms with Crippen LogP contribution < -0.4 is 11.1 Å². The van der Waals surface area contributed by atoms with E-state index in [1.54, 1.807) is 34.6 Å². The highest BCUT2D eigenvalue weighted by Gasteiger charge is 2.54. The Hall–Kier alpha value is -6.71. The van der Waals surface area contributed by atoms with Crippen LogP contribution in [0.15, 0.2) is 149 Å². The van der Waals surface area contributed by atoms with Gasteiger partial charge in [-0.1, -0.05) is 108 Å². The van der Waals surface area contributed by atoms with Gasteiger partial charge in [-0.15, -0.1) is 23.1 Å². The molecule has 3 aliphatic rings. The smallest absolute Gasteiger partial charge is 0.352 e. The Balaban J connectivity index is 1.07. The molecule has 3 amide bonds. The number of thiazole rings is 1. The molecular formula is C43H36N6O7S2. The Bertz CT molecular complexity index is 2390. The minimum Gasteiger partial charge on any atom is -0.508 e. The number of carboxylic acids is 1. The molecule has 2 saturated heterocycles. The summed E-state index contributed by atoms with van der Waals surface area (Å²) in [6, 6.07) is 34.0. The highest BCUT2D eigenvalue weighted by atomic mass is 32.2. The number of amides is 3. The zero-order chi connectivity index (χ0) is 40.4. The number of allylic oxidation sites excluding steroid dienone is 1. The van der Waals surface area contributed by atoms with Crippen LogP contribution in [0, 0.1) is 0 Å². The summed E-state index contributed by atoms with van der Waals surface area (Å²) in [5.74, 6) is -2.71. The van der Waals surface area contributed by atoms with Gasteiger partial charge in [-0.05, 0) is 35.8 Å². The first-order valence-corrected chi connectivity index (χ1v) is 20.2. The van der Waals surface area contributed by atoms with E-state index in [2.05, 4.69) is 15.5 Å². The molecule has 0 saturated carbocycles. The van der Waals surface area contributed by atoms with Crippen molar-refractivity contribution in [2.75, 3.05) is 18.0 Å². The molecular weight excluding hydrogens is 777 g/mol. The van der Waals surface area contributed by atoms with Crippen molar-refractivity contribution in [2.45, 2.75) is 30.0 Å². The minimum atomic E-state index is -1.33. The average molecular weight is 813 g/mol. The zero-order valence-corrected chi connectivity index (χ0v) is 32.4. The molecule has 5 N–H and O–H groups in total. The fourth-order valence-corrected chi connectivity index (χ4v) is 9.25. The Morgan fingerprint density at radius 1 is 0.948 bits per heavy atom. The van der Waals surface area contributed by atoms with E-state index in [0.717, 1.165) is 38.5 Å². The van der Waals surface area contributed by atoms with Crippen LogP contribution in [0.5, 0.6) is 5.75 Å². The van der Waals surface area contributed by atoms with Crippen LogP contribution in [0.4, 0.5) is 5.13 Å². The molecule has 292 valence electrons. The molecule has 0 bridgehead atoms. The number of hydrogen-bond acceptors (Lipinski definition) is 11. The summed E-state index contributed by atoms with van der Waals surface area (Å²) in [6.45, 7) is 0.706. The summed E-state index contributed by atoms with van der Waals surface area (Å²) < 4.78 is 0. The molecule has 0 radical (unpaired) electrons. The van der Waals surface area contributed by atoms with Gasteiger partial charge in [0.15, 0.2) is 10.8 Å². The maximum absolute atomic E-state index is 14.3. The lowest BCUT2D eigenvalue weighted by Crippen LogP contribution is -2.71. The van der Waals surface area contributed by atoms with Crippen molar-refractivity contribution in [3.8, 4) is 5.75 Å². The van der Waals surface area contributed by atoms with Gasteiger partial charge in [0, 0.05) is 46.5 Å². The van der Waals surface area contributed by atoms with Crippen molar-refractivity contribution in [2.24, 2.45) is 5.16 Å². The van der Waals surface area contributed by atoms with Gasteiger partial charge in [0.1, 0.15) is 28.6 Å². The van der Waals surface area contributed by atoms with Gasteiger partial charge in [-0.2, -0.15) is 0 Å². The molecule has 0 spiro atoms. The predicted molar refractivity (Wildman–Crippen MR) is 219 cm³/mol. The number of carbonyl (C=O) groups is 4. The third-order valence-electron chi connectivity index (χ3n) is 10.1. The standard InChI is InChI=1S/C43H36N6O7S2/c44-42-45-33(25-58-42)34(47-56-43(29-12-4-1-5-13-29,30-14-6-2-7-15-30)31-16-8-3-9-17-31)37(51)46-35-39(53)49-36(41(54)55)28(24-57-40(35)49)22-27-19-20-48(38(27)52)23-26-11-10-18-32(50)21-26/h1-18,21-22,25,35,40,50H,19-20,23-24H2,(H2,44,45)(H,46,51)(H,54,55)/b27-22+,47-34-/t35-,40-/m1/s1. The number of carbonyl (C=O) groups excluding carboxylic acids is 3. The van der Waals surface area contributed by atoms with E-state index in [-0.39, 0.29) is 46.2 Å². The van der Waals surface area contributed by atoms with E-state index in [1.165, 1.54) is 11.8 Å². The second-order valence-corrected chi connectivity index (χ2v) is 15.7. The molecule has 5 aromatic rings. The topological polar surface area (TPSA) is 188 Å². The van der Waals surface area contributed by atoms with Crippen LogP contribution in [-0.2, 0) is 36.2 Å². The molecule has 58 heavy (non-hydrogen) atoms. The first-order valence-electron chi connectivity index (χ1n) is 18.3. The van der Waals surface area contributed by atoms with E-state index in [0.29, 0.717) is 24.1 Å². The number of aliphatic carboxylic acids is 1. The number of oxime groups is 1. The number of thioether (sulfide) groups is 1. The molecule has 0 unspecified atom stereocenters. The van der Waals surface area contributed by atoms with Crippen LogP contribution in [0.2, 0.25) is 0 Å². The summed E-state index contributed by atoms with van der Waals surface area (Å²) in [6.07, 6.45) is 1.95. The Morgan fingerprint density at radius 2 is 1.59 bits per heavy atom. The van der Waals surface area contributed by atoms with Crippen molar-refractivity contribution in [1.82, 2.24) is 20.1 Å². The number of fused-ring (bicyclic) bond motifs is 1. The molecule has 1 aromatic heterocycles. The Morgan fingerprint density at radius 3 is 2.16 bits per heavy atom. The van der Waals surface area contributed by atoms with Gasteiger partial charge in [-0.3, -0.25) is 19.3 Å². The molecule has 8 rings (SSSR count). The molecule has 15 heteroatoms. The summed E-state index contributed by atoms with van der Waals surface area (Å²) in [5, 5.41) is 28.5. The number of nitrogen functional groups attached to an aromatic ring is 1. The van der Waals surface area contributed by atoms with Crippen molar-refractivity contribution in [3.63, 3.8) is 0 Å². The lowest BCUT2D eigenvalue weighted by Gasteiger charge is -2.49. The Labute approximate surface area is 341 Å². The van der Waals surface area contributed by atoms with Crippen molar-refractivity contribution in [3.05, 3.63) is 172 Å². The number of carboxylic acid groups (broad SMARTS) is 1.